The maximum absolute atomic E-state index is 13.0. The highest BCUT2D eigenvalue weighted by molar-refractivity contribution is 8.00. The highest BCUT2D eigenvalue weighted by atomic mass is 32.2. The van der Waals surface area contributed by atoms with Gasteiger partial charge in [-0.3, -0.25) is 9.59 Å². The van der Waals surface area contributed by atoms with Crippen LogP contribution in [0.5, 0.6) is 0 Å². The predicted molar refractivity (Wildman–Crippen MR) is 151 cm³/mol. The van der Waals surface area contributed by atoms with Crippen LogP contribution in [0.15, 0.2) is 95.2 Å². The number of carbonyl (C=O) groups excluding carboxylic acids is 2. The Balaban J connectivity index is 1.35. The molecular weight excluding hydrogens is 486 g/mol. The quantitative estimate of drug-likeness (QED) is 0.182. The van der Waals surface area contributed by atoms with E-state index in [-0.39, 0.29) is 17.1 Å². The number of anilines is 2. The highest BCUT2D eigenvalue weighted by Gasteiger charge is 2.20. The van der Waals surface area contributed by atoms with Gasteiger partial charge in [-0.15, -0.1) is 23.1 Å². The topological polar surface area (TPSA) is 71.1 Å². The summed E-state index contributed by atoms with van der Waals surface area (Å²) in [7, 11) is 0. The van der Waals surface area contributed by atoms with Crippen LogP contribution >= 0.6 is 23.1 Å². The maximum Gasteiger partial charge on any atom is 0.248 e. The van der Waals surface area contributed by atoms with Crippen LogP contribution in [0.4, 0.5) is 10.8 Å². The van der Waals surface area contributed by atoms with Gasteiger partial charge in [-0.2, -0.15) is 0 Å². The van der Waals surface area contributed by atoms with Crippen molar-refractivity contribution in [3.63, 3.8) is 0 Å². The van der Waals surface area contributed by atoms with Gasteiger partial charge in [0.2, 0.25) is 11.8 Å². The van der Waals surface area contributed by atoms with Crippen LogP contribution in [0.3, 0.4) is 0 Å². The van der Waals surface area contributed by atoms with Crippen LogP contribution in [0.2, 0.25) is 0 Å². The molecule has 0 saturated heterocycles. The first-order chi connectivity index (χ1) is 17.5. The van der Waals surface area contributed by atoms with E-state index in [1.807, 2.05) is 98.1 Å². The lowest BCUT2D eigenvalue weighted by atomic mass is 10.1. The molecule has 1 heterocycles. The summed E-state index contributed by atoms with van der Waals surface area (Å²) in [6.07, 6.45) is 3.94. The molecule has 0 aliphatic rings. The monoisotopic (exact) mass is 513 g/mol. The van der Waals surface area contributed by atoms with Crippen LogP contribution in [-0.4, -0.2) is 22.0 Å². The number of hydrogen-bond acceptors (Lipinski definition) is 5. The zero-order valence-electron chi connectivity index (χ0n) is 20.1. The number of benzene rings is 3. The minimum Gasteiger partial charge on any atom is -0.322 e. The van der Waals surface area contributed by atoms with E-state index in [1.165, 1.54) is 34.7 Å². The average molecular weight is 514 g/mol. The molecule has 182 valence electrons. The molecule has 0 bridgehead atoms. The molecular formula is C29H27N3O2S2. The van der Waals surface area contributed by atoms with E-state index >= 15 is 0 Å². The van der Waals surface area contributed by atoms with Gasteiger partial charge in [0, 0.05) is 27.6 Å². The number of thioether (sulfide) groups is 1. The van der Waals surface area contributed by atoms with Crippen molar-refractivity contribution in [1.29, 1.82) is 0 Å². The van der Waals surface area contributed by atoms with Gasteiger partial charge in [0.15, 0.2) is 5.13 Å². The first kappa shape index (κ1) is 25.4. The average Bonchev–Trinajstić information content (AvgIpc) is 3.35. The molecule has 1 atom stereocenters. The molecule has 1 unspecified atom stereocenters. The zero-order chi connectivity index (χ0) is 25.3. The second kappa shape index (κ2) is 12.3. The molecule has 7 heteroatoms. The molecule has 5 nitrogen and oxygen atoms in total. The lowest BCUT2D eigenvalue weighted by Crippen LogP contribution is -2.24. The standard InChI is InChI=1S/C29H27N3O2S2/c1-3-26(28(34)32-29-31-25(19-35-29)22-15-12-20(2)13-16-22)36-24-11-7-10-23(18-24)30-27(33)17-14-21-8-5-4-6-9-21/h4-19,26H,3H2,1-2H3,(H,30,33)(H,31,32,34). The molecule has 4 aromatic rings. The molecule has 0 aliphatic heterocycles. The van der Waals surface area contributed by atoms with Crippen molar-refractivity contribution in [3.05, 3.63) is 101 Å². The van der Waals surface area contributed by atoms with Gasteiger partial charge in [0.05, 0.1) is 10.9 Å². The minimum atomic E-state index is -0.291. The van der Waals surface area contributed by atoms with Crippen molar-refractivity contribution in [2.24, 2.45) is 0 Å². The molecule has 0 fully saturated rings. The Morgan fingerprint density at radius 3 is 2.53 bits per heavy atom. The Hall–Kier alpha value is -3.68. The lowest BCUT2D eigenvalue weighted by molar-refractivity contribution is -0.115. The molecule has 1 aromatic heterocycles. The van der Waals surface area contributed by atoms with Crippen molar-refractivity contribution >= 4 is 51.8 Å². The SMILES string of the molecule is CCC(Sc1cccc(NC(=O)C=Cc2ccccc2)c1)C(=O)Nc1nc(-c2ccc(C)cc2)cs1. The van der Waals surface area contributed by atoms with E-state index in [2.05, 4.69) is 15.6 Å². The Kier molecular flexibility index (Phi) is 8.71. The summed E-state index contributed by atoms with van der Waals surface area (Å²) in [4.78, 5) is 30.8. The predicted octanol–water partition coefficient (Wildman–Crippen LogP) is 7.28. The summed E-state index contributed by atoms with van der Waals surface area (Å²) in [6.45, 7) is 4.03. The number of aromatic nitrogens is 1. The Bertz CT molecular complexity index is 1350. The van der Waals surface area contributed by atoms with Crippen molar-refractivity contribution < 1.29 is 9.59 Å². The third-order valence-corrected chi connectivity index (χ3v) is 7.47. The smallest absolute Gasteiger partial charge is 0.248 e. The normalized spacial score (nSPS) is 11.8. The molecule has 4 rings (SSSR count). The van der Waals surface area contributed by atoms with Gasteiger partial charge in [-0.05, 0) is 43.2 Å². The molecule has 0 radical (unpaired) electrons. The van der Waals surface area contributed by atoms with E-state index in [0.29, 0.717) is 17.2 Å². The van der Waals surface area contributed by atoms with Gasteiger partial charge in [-0.25, -0.2) is 4.98 Å². The van der Waals surface area contributed by atoms with Crippen LogP contribution < -0.4 is 10.6 Å². The van der Waals surface area contributed by atoms with Crippen LogP contribution in [0.25, 0.3) is 17.3 Å². The van der Waals surface area contributed by atoms with Gasteiger partial charge in [0.25, 0.3) is 0 Å². The number of thiazole rings is 1. The highest BCUT2D eigenvalue weighted by Crippen LogP contribution is 2.30. The van der Waals surface area contributed by atoms with E-state index in [1.54, 1.807) is 6.08 Å². The number of amides is 2. The third kappa shape index (κ3) is 7.16. The van der Waals surface area contributed by atoms with Crippen LogP contribution in [0.1, 0.15) is 24.5 Å². The lowest BCUT2D eigenvalue weighted by Gasteiger charge is -2.14. The maximum atomic E-state index is 13.0. The number of hydrogen-bond donors (Lipinski definition) is 2. The second-order valence-electron chi connectivity index (χ2n) is 8.17. The first-order valence-electron chi connectivity index (χ1n) is 11.6. The summed E-state index contributed by atoms with van der Waals surface area (Å²) in [5, 5.41) is 8.09. The van der Waals surface area contributed by atoms with Crippen molar-refractivity contribution in [2.45, 2.75) is 30.4 Å². The summed E-state index contributed by atoms with van der Waals surface area (Å²) in [6, 6.07) is 25.4. The molecule has 36 heavy (non-hydrogen) atoms. The van der Waals surface area contributed by atoms with E-state index in [4.69, 9.17) is 0 Å². The number of rotatable bonds is 9. The van der Waals surface area contributed by atoms with Crippen LogP contribution in [0, 0.1) is 6.92 Å². The fourth-order valence-electron chi connectivity index (χ4n) is 3.43. The number of carbonyl (C=O) groups is 2. The number of nitrogens with one attached hydrogen (secondary N) is 2. The molecule has 0 aliphatic carbocycles. The third-order valence-electron chi connectivity index (χ3n) is 5.35. The Morgan fingerprint density at radius 2 is 1.78 bits per heavy atom. The molecule has 3 aromatic carbocycles. The largest absolute Gasteiger partial charge is 0.322 e. The van der Waals surface area contributed by atoms with Crippen molar-refractivity contribution in [3.8, 4) is 11.3 Å². The molecule has 0 saturated carbocycles. The second-order valence-corrected chi connectivity index (χ2v) is 10.3. The fourth-order valence-corrected chi connectivity index (χ4v) is 5.16. The van der Waals surface area contributed by atoms with Crippen LogP contribution in [-0.2, 0) is 9.59 Å². The zero-order valence-corrected chi connectivity index (χ0v) is 21.7. The number of aryl methyl sites for hydroxylation is 1. The Morgan fingerprint density at radius 1 is 1.00 bits per heavy atom. The molecule has 2 N–H and O–H groups in total. The number of nitrogens with zero attached hydrogens (tertiary/aromatic N) is 1. The van der Waals surface area contributed by atoms with E-state index in [0.717, 1.165) is 21.7 Å². The first-order valence-corrected chi connectivity index (χ1v) is 13.4. The van der Waals surface area contributed by atoms with E-state index in [9.17, 15) is 9.59 Å². The minimum absolute atomic E-state index is 0.0902. The summed E-state index contributed by atoms with van der Waals surface area (Å²) >= 11 is 2.88. The molecule has 0 spiro atoms. The van der Waals surface area contributed by atoms with Gasteiger partial charge in [0.1, 0.15) is 0 Å². The van der Waals surface area contributed by atoms with Gasteiger partial charge in [-0.1, -0.05) is 73.2 Å². The summed E-state index contributed by atoms with van der Waals surface area (Å²) < 4.78 is 0. The summed E-state index contributed by atoms with van der Waals surface area (Å²) in [5.74, 6) is -0.300. The van der Waals surface area contributed by atoms with Gasteiger partial charge < -0.3 is 10.6 Å². The fraction of sp³-hybridized carbons (Fsp3) is 0.138. The van der Waals surface area contributed by atoms with Crippen molar-refractivity contribution in [2.75, 3.05) is 10.6 Å². The summed E-state index contributed by atoms with van der Waals surface area (Å²) in [5.41, 5.74) is 4.70. The van der Waals surface area contributed by atoms with Gasteiger partial charge >= 0.3 is 0 Å². The van der Waals surface area contributed by atoms with E-state index < -0.39 is 0 Å². The Labute approximate surface area is 219 Å². The van der Waals surface area contributed by atoms with Crippen molar-refractivity contribution in [1.82, 2.24) is 4.98 Å². The molecule has 2 amide bonds.